The molecule has 0 spiro atoms. The van der Waals surface area contributed by atoms with Crippen molar-refractivity contribution in [3.8, 4) is 17.4 Å². The van der Waals surface area contributed by atoms with E-state index in [1.165, 1.54) is 0 Å². The Balaban J connectivity index is 1.66. The predicted molar refractivity (Wildman–Crippen MR) is 114 cm³/mol. The molecule has 0 N–H and O–H groups in total. The molecule has 29 heavy (non-hydrogen) atoms. The van der Waals surface area contributed by atoms with Gasteiger partial charge in [-0.3, -0.25) is 4.90 Å². The molecule has 4 rings (SSSR count). The molecule has 1 aromatic heterocycles. The molecular weight excluding hydrogens is 364 g/mol. The van der Waals surface area contributed by atoms with Gasteiger partial charge in [0.05, 0.1) is 6.61 Å². The third-order valence-corrected chi connectivity index (χ3v) is 5.90. The average molecular weight is 397 g/mol. The van der Waals surface area contributed by atoms with Crippen LogP contribution < -0.4 is 9.47 Å². The van der Waals surface area contributed by atoms with Crippen LogP contribution in [0.3, 0.4) is 0 Å². The van der Waals surface area contributed by atoms with Crippen LogP contribution in [0, 0.1) is 5.41 Å². The SMILES string of the molecule is CC1(C)CCCN(C2CCOCC2)Cc2cccnc2Oc2ccccc2OC1. The zero-order valence-electron chi connectivity index (χ0n) is 17.6. The van der Waals surface area contributed by atoms with Gasteiger partial charge in [0.15, 0.2) is 11.5 Å². The summed E-state index contributed by atoms with van der Waals surface area (Å²) in [5.74, 6) is 2.16. The molecule has 0 bridgehead atoms. The Labute approximate surface area is 174 Å². The first-order valence-corrected chi connectivity index (χ1v) is 10.8. The highest BCUT2D eigenvalue weighted by Crippen LogP contribution is 2.35. The Hall–Kier alpha value is -2.11. The summed E-state index contributed by atoms with van der Waals surface area (Å²) < 4.78 is 18.1. The van der Waals surface area contributed by atoms with Crippen LogP contribution >= 0.6 is 0 Å². The largest absolute Gasteiger partial charge is 0.489 e. The molecule has 0 aliphatic carbocycles. The highest BCUT2D eigenvalue weighted by Gasteiger charge is 2.26. The highest BCUT2D eigenvalue weighted by atomic mass is 16.5. The molecule has 1 fully saturated rings. The van der Waals surface area contributed by atoms with Gasteiger partial charge < -0.3 is 14.2 Å². The quantitative estimate of drug-likeness (QED) is 0.675. The second kappa shape index (κ2) is 9.14. The lowest BCUT2D eigenvalue weighted by molar-refractivity contribution is 0.0286. The molecule has 5 nitrogen and oxygen atoms in total. The molecule has 0 atom stereocenters. The maximum Gasteiger partial charge on any atom is 0.223 e. The fourth-order valence-electron chi connectivity index (χ4n) is 4.16. The molecule has 2 aliphatic rings. The topological polar surface area (TPSA) is 43.8 Å². The summed E-state index contributed by atoms with van der Waals surface area (Å²) in [6, 6.07) is 12.6. The smallest absolute Gasteiger partial charge is 0.223 e. The van der Waals surface area contributed by atoms with Crippen molar-refractivity contribution in [2.75, 3.05) is 26.4 Å². The average Bonchev–Trinajstić information content (AvgIpc) is 2.74. The lowest BCUT2D eigenvalue weighted by Crippen LogP contribution is -2.40. The summed E-state index contributed by atoms with van der Waals surface area (Å²) in [5, 5.41) is 0. The number of para-hydroxylation sites is 2. The van der Waals surface area contributed by atoms with E-state index in [-0.39, 0.29) is 5.41 Å². The van der Waals surface area contributed by atoms with Crippen molar-refractivity contribution in [3.05, 3.63) is 48.2 Å². The Morgan fingerprint density at radius 1 is 1.03 bits per heavy atom. The van der Waals surface area contributed by atoms with E-state index in [1.54, 1.807) is 6.20 Å². The van der Waals surface area contributed by atoms with E-state index in [4.69, 9.17) is 14.2 Å². The molecule has 1 saturated heterocycles. The van der Waals surface area contributed by atoms with Crippen molar-refractivity contribution in [3.63, 3.8) is 0 Å². The van der Waals surface area contributed by atoms with Crippen LogP contribution in [0.1, 0.15) is 45.1 Å². The van der Waals surface area contributed by atoms with Crippen LogP contribution in [0.2, 0.25) is 0 Å². The van der Waals surface area contributed by atoms with E-state index in [1.807, 2.05) is 30.3 Å². The monoisotopic (exact) mass is 396 g/mol. The zero-order chi connectivity index (χ0) is 20.1. The Kier molecular flexibility index (Phi) is 6.36. The second-order valence-electron chi connectivity index (χ2n) is 8.89. The summed E-state index contributed by atoms with van der Waals surface area (Å²) in [4.78, 5) is 7.15. The van der Waals surface area contributed by atoms with Crippen LogP contribution in [-0.4, -0.2) is 42.3 Å². The molecule has 0 radical (unpaired) electrons. The number of fused-ring (bicyclic) bond motifs is 2. The molecule has 2 aromatic rings. The number of aromatic nitrogens is 1. The minimum Gasteiger partial charge on any atom is -0.489 e. The summed E-state index contributed by atoms with van der Waals surface area (Å²) in [5.41, 5.74) is 1.22. The number of pyridine rings is 1. The van der Waals surface area contributed by atoms with E-state index in [9.17, 15) is 0 Å². The number of hydrogen-bond donors (Lipinski definition) is 0. The van der Waals surface area contributed by atoms with E-state index in [2.05, 4.69) is 29.8 Å². The Morgan fingerprint density at radius 3 is 2.66 bits per heavy atom. The molecule has 0 unspecified atom stereocenters. The standard InChI is InChI=1S/C24H32N2O3/c1-24(2)12-6-14-26(20-10-15-27-16-11-20)17-19-7-5-13-25-23(19)29-22-9-4-3-8-21(22)28-18-24/h3-5,7-9,13,20H,6,10-12,14-18H2,1-2H3. The lowest BCUT2D eigenvalue weighted by Gasteiger charge is -2.35. The molecular formula is C24H32N2O3. The van der Waals surface area contributed by atoms with Gasteiger partial charge in [0.2, 0.25) is 5.88 Å². The first-order valence-electron chi connectivity index (χ1n) is 10.8. The van der Waals surface area contributed by atoms with Crippen LogP contribution in [0.4, 0.5) is 0 Å². The maximum atomic E-state index is 6.27. The van der Waals surface area contributed by atoms with E-state index in [0.29, 0.717) is 18.5 Å². The maximum absolute atomic E-state index is 6.27. The number of hydrogen-bond acceptors (Lipinski definition) is 5. The fourth-order valence-corrected chi connectivity index (χ4v) is 4.16. The first kappa shape index (κ1) is 20.2. The Bertz CT molecular complexity index is 802. The lowest BCUT2D eigenvalue weighted by atomic mass is 9.88. The Morgan fingerprint density at radius 2 is 1.83 bits per heavy atom. The molecule has 0 amide bonds. The van der Waals surface area contributed by atoms with Gasteiger partial charge in [0.25, 0.3) is 0 Å². The van der Waals surface area contributed by atoms with Crippen molar-refractivity contribution in [2.24, 2.45) is 5.41 Å². The van der Waals surface area contributed by atoms with Gasteiger partial charge >= 0.3 is 0 Å². The van der Waals surface area contributed by atoms with Gasteiger partial charge in [-0.25, -0.2) is 4.98 Å². The van der Waals surface area contributed by atoms with Gasteiger partial charge in [-0.2, -0.15) is 0 Å². The van der Waals surface area contributed by atoms with Crippen LogP contribution in [0.25, 0.3) is 0 Å². The third kappa shape index (κ3) is 5.28. The van der Waals surface area contributed by atoms with Gasteiger partial charge in [-0.05, 0) is 55.8 Å². The number of ether oxygens (including phenoxy) is 3. The molecule has 156 valence electrons. The van der Waals surface area contributed by atoms with Gasteiger partial charge in [-0.1, -0.05) is 32.0 Å². The minimum atomic E-state index is 0.105. The first-order chi connectivity index (χ1) is 14.1. The number of benzene rings is 1. The molecule has 5 heteroatoms. The number of nitrogens with zero attached hydrogens (tertiary/aromatic N) is 2. The summed E-state index contributed by atoms with van der Waals surface area (Å²) in [6.45, 7) is 8.84. The molecule has 0 saturated carbocycles. The normalized spacial score (nSPS) is 21.3. The van der Waals surface area contributed by atoms with Crippen molar-refractivity contribution in [1.82, 2.24) is 9.88 Å². The zero-order valence-corrected chi connectivity index (χ0v) is 17.6. The predicted octanol–water partition coefficient (Wildman–Crippen LogP) is 5.05. The van der Waals surface area contributed by atoms with Crippen molar-refractivity contribution in [2.45, 2.75) is 52.1 Å². The van der Waals surface area contributed by atoms with Crippen LogP contribution in [0.5, 0.6) is 17.4 Å². The van der Waals surface area contributed by atoms with Gasteiger partial charge in [0.1, 0.15) is 0 Å². The summed E-state index contributed by atoms with van der Waals surface area (Å²) in [6.07, 6.45) is 6.24. The third-order valence-electron chi connectivity index (χ3n) is 5.90. The molecule has 2 aliphatic heterocycles. The molecule has 3 heterocycles. The minimum absolute atomic E-state index is 0.105. The number of rotatable bonds is 1. The van der Waals surface area contributed by atoms with Crippen LogP contribution in [0.15, 0.2) is 42.6 Å². The van der Waals surface area contributed by atoms with Gasteiger partial charge in [0, 0.05) is 37.6 Å². The summed E-state index contributed by atoms with van der Waals surface area (Å²) >= 11 is 0. The fraction of sp³-hybridized carbons (Fsp3) is 0.542. The van der Waals surface area contributed by atoms with E-state index < -0.39 is 0 Å². The van der Waals surface area contributed by atoms with Gasteiger partial charge in [-0.15, -0.1) is 0 Å². The highest BCUT2D eigenvalue weighted by molar-refractivity contribution is 5.43. The molecule has 1 aromatic carbocycles. The van der Waals surface area contributed by atoms with E-state index in [0.717, 1.165) is 69.0 Å². The van der Waals surface area contributed by atoms with Crippen molar-refractivity contribution < 1.29 is 14.2 Å². The second-order valence-corrected chi connectivity index (χ2v) is 8.89. The van der Waals surface area contributed by atoms with E-state index >= 15 is 0 Å². The summed E-state index contributed by atoms with van der Waals surface area (Å²) in [7, 11) is 0. The van der Waals surface area contributed by atoms with Crippen molar-refractivity contribution >= 4 is 0 Å². The van der Waals surface area contributed by atoms with Crippen molar-refractivity contribution in [1.29, 1.82) is 0 Å². The van der Waals surface area contributed by atoms with Crippen LogP contribution in [-0.2, 0) is 11.3 Å².